The number of primary amides is 1. The van der Waals surface area contributed by atoms with Gasteiger partial charge in [0.2, 0.25) is 0 Å². The van der Waals surface area contributed by atoms with E-state index in [1.54, 1.807) is 24.3 Å². The molecule has 2 aromatic carbocycles. The number of carbonyl (C=O) groups excluding carboxylic acids is 1. The molecule has 0 aromatic heterocycles. The molecule has 4 N–H and O–H groups in total. The van der Waals surface area contributed by atoms with E-state index in [2.05, 4.69) is 10.6 Å². The summed E-state index contributed by atoms with van der Waals surface area (Å²) in [5.74, 6) is -0.199. The van der Waals surface area contributed by atoms with Crippen LogP contribution in [-0.2, 0) is 6.42 Å². The number of rotatable bonds is 5. The molecule has 1 atom stereocenters. The van der Waals surface area contributed by atoms with Crippen molar-refractivity contribution in [3.63, 3.8) is 0 Å². The van der Waals surface area contributed by atoms with Crippen LogP contribution in [0.25, 0.3) is 0 Å². The molecule has 0 saturated carbocycles. The molecule has 2 aromatic rings. The largest absolute Gasteiger partial charge is 0.382 e. The smallest absolute Gasteiger partial charge is 0.316 e. The van der Waals surface area contributed by atoms with Gasteiger partial charge in [0, 0.05) is 17.4 Å². The van der Waals surface area contributed by atoms with Gasteiger partial charge < -0.3 is 16.4 Å². The lowest BCUT2D eigenvalue weighted by molar-refractivity contribution is 0.259. The fourth-order valence-corrected chi connectivity index (χ4v) is 2.16. The highest BCUT2D eigenvalue weighted by Gasteiger charge is 2.08. The Labute approximate surface area is 123 Å². The van der Waals surface area contributed by atoms with Gasteiger partial charge in [0.05, 0.1) is 0 Å². The first-order valence-electron chi connectivity index (χ1n) is 6.71. The van der Waals surface area contributed by atoms with Crippen LogP contribution in [0.15, 0.2) is 48.5 Å². The highest BCUT2D eigenvalue weighted by Crippen LogP contribution is 2.17. The van der Waals surface area contributed by atoms with Crippen molar-refractivity contribution in [3.8, 4) is 0 Å². The first-order valence-corrected chi connectivity index (χ1v) is 6.71. The van der Waals surface area contributed by atoms with E-state index in [1.165, 1.54) is 6.07 Å². The Balaban J connectivity index is 2.01. The Bertz CT molecular complexity index is 630. The summed E-state index contributed by atoms with van der Waals surface area (Å²) in [7, 11) is 0. The normalized spacial score (nSPS) is 11.7. The third-order valence-corrected chi connectivity index (χ3v) is 3.03. The van der Waals surface area contributed by atoms with E-state index in [0.29, 0.717) is 17.7 Å². The summed E-state index contributed by atoms with van der Waals surface area (Å²) in [5.41, 5.74) is 7.21. The maximum absolute atomic E-state index is 13.6. The molecule has 0 radical (unpaired) electrons. The third kappa shape index (κ3) is 4.49. The molecule has 0 saturated heterocycles. The molecule has 110 valence electrons. The van der Waals surface area contributed by atoms with Crippen LogP contribution in [0.2, 0.25) is 0 Å². The number of urea groups is 1. The molecule has 0 bridgehead atoms. The van der Waals surface area contributed by atoms with Crippen LogP contribution in [-0.4, -0.2) is 12.1 Å². The molecule has 0 aliphatic rings. The van der Waals surface area contributed by atoms with Crippen LogP contribution < -0.4 is 16.4 Å². The van der Waals surface area contributed by atoms with Gasteiger partial charge in [-0.15, -0.1) is 0 Å². The van der Waals surface area contributed by atoms with E-state index < -0.39 is 6.03 Å². The number of nitrogens with one attached hydrogen (secondary N) is 2. The van der Waals surface area contributed by atoms with Gasteiger partial charge in [-0.05, 0) is 43.2 Å². The van der Waals surface area contributed by atoms with Crippen LogP contribution >= 0.6 is 0 Å². The van der Waals surface area contributed by atoms with Gasteiger partial charge in [-0.25, -0.2) is 9.18 Å². The van der Waals surface area contributed by atoms with Crippen molar-refractivity contribution in [1.29, 1.82) is 0 Å². The molecule has 0 aliphatic carbocycles. The van der Waals surface area contributed by atoms with E-state index in [-0.39, 0.29) is 11.9 Å². The molecule has 2 amide bonds. The predicted molar refractivity (Wildman–Crippen MR) is 82.8 cm³/mol. The van der Waals surface area contributed by atoms with Crippen LogP contribution in [0, 0.1) is 5.82 Å². The zero-order valence-corrected chi connectivity index (χ0v) is 11.8. The number of halogens is 1. The molecule has 4 nitrogen and oxygen atoms in total. The van der Waals surface area contributed by atoms with Gasteiger partial charge in [-0.3, -0.25) is 0 Å². The van der Waals surface area contributed by atoms with Gasteiger partial charge >= 0.3 is 6.03 Å². The van der Waals surface area contributed by atoms with Crippen molar-refractivity contribution in [2.75, 3.05) is 10.6 Å². The maximum atomic E-state index is 13.6. The molecule has 0 spiro atoms. The van der Waals surface area contributed by atoms with E-state index in [9.17, 15) is 9.18 Å². The average molecular weight is 287 g/mol. The van der Waals surface area contributed by atoms with E-state index >= 15 is 0 Å². The van der Waals surface area contributed by atoms with Crippen molar-refractivity contribution < 1.29 is 9.18 Å². The summed E-state index contributed by atoms with van der Waals surface area (Å²) in [6.45, 7) is 1.97. The van der Waals surface area contributed by atoms with Gasteiger partial charge in [0.1, 0.15) is 5.82 Å². The lowest BCUT2D eigenvalue weighted by Gasteiger charge is -2.16. The second-order valence-electron chi connectivity index (χ2n) is 4.91. The van der Waals surface area contributed by atoms with E-state index in [1.807, 2.05) is 25.1 Å². The predicted octanol–water partition coefficient (Wildman–Crippen LogP) is 3.36. The minimum absolute atomic E-state index is 0.0470. The van der Waals surface area contributed by atoms with Crippen molar-refractivity contribution in [2.24, 2.45) is 5.73 Å². The number of amides is 2. The number of hydrogen-bond donors (Lipinski definition) is 3. The van der Waals surface area contributed by atoms with Crippen LogP contribution in [0.4, 0.5) is 20.6 Å². The second kappa shape index (κ2) is 6.74. The monoisotopic (exact) mass is 287 g/mol. The number of anilines is 2. The van der Waals surface area contributed by atoms with Crippen molar-refractivity contribution in [1.82, 2.24) is 0 Å². The summed E-state index contributed by atoms with van der Waals surface area (Å²) in [6.07, 6.45) is 0.570. The fraction of sp³-hybridized carbons (Fsp3) is 0.188. The Morgan fingerprint density at radius 2 is 1.90 bits per heavy atom. The fourth-order valence-electron chi connectivity index (χ4n) is 2.16. The average Bonchev–Trinajstić information content (AvgIpc) is 2.41. The molecule has 1 unspecified atom stereocenters. The Hall–Kier alpha value is -2.56. The summed E-state index contributed by atoms with van der Waals surface area (Å²) < 4.78 is 13.6. The minimum Gasteiger partial charge on any atom is -0.382 e. The SMILES string of the molecule is CC(Cc1ccccc1F)Nc1cccc(NC(N)=O)c1. The van der Waals surface area contributed by atoms with Gasteiger partial charge in [0.25, 0.3) is 0 Å². The molecule has 2 rings (SSSR count). The molecular formula is C16H18FN3O. The minimum atomic E-state index is -0.605. The van der Waals surface area contributed by atoms with Crippen LogP contribution in [0.3, 0.4) is 0 Å². The second-order valence-corrected chi connectivity index (χ2v) is 4.91. The van der Waals surface area contributed by atoms with Gasteiger partial charge in [0.15, 0.2) is 0 Å². The molecular weight excluding hydrogens is 269 g/mol. The first-order chi connectivity index (χ1) is 10.0. The lowest BCUT2D eigenvalue weighted by Crippen LogP contribution is -2.20. The standard InChI is InChI=1S/C16H18FN3O/c1-11(9-12-5-2-3-8-15(12)17)19-13-6-4-7-14(10-13)20-16(18)21/h2-8,10-11,19H,9H2,1H3,(H3,18,20,21). The molecule has 5 heteroatoms. The van der Waals surface area contributed by atoms with Crippen molar-refractivity contribution in [3.05, 3.63) is 59.9 Å². The van der Waals surface area contributed by atoms with Crippen LogP contribution in [0.5, 0.6) is 0 Å². The maximum Gasteiger partial charge on any atom is 0.316 e. The molecule has 21 heavy (non-hydrogen) atoms. The van der Waals surface area contributed by atoms with Gasteiger partial charge in [-0.1, -0.05) is 24.3 Å². The Morgan fingerprint density at radius 1 is 1.19 bits per heavy atom. The van der Waals surface area contributed by atoms with E-state index in [0.717, 1.165) is 5.69 Å². The number of carbonyl (C=O) groups is 1. The van der Waals surface area contributed by atoms with Crippen LogP contribution in [0.1, 0.15) is 12.5 Å². The van der Waals surface area contributed by atoms with Crippen molar-refractivity contribution in [2.45, 2.75) is 19.4 Å². The summed E-state index contributed by atoms with van der Waals surface area (Å²) in [6, 6.07) is 13.4. The molecule has 0 aliphatic heterocycles. The van der Waals surface area contributed by atoms with Gasteiger partial charge in [-0.2, -0.15) is 0 Å². The summed E-state index contributed by atoms with van der Waals surface area (Å²) in [5, 5.41) is 5.79. The zero-order chi connectivity index (χ0) is 15.2. The Morgan fingerprint density at radius 3 is 2.62 bits per heavy atom. The van der Waals surface area contributed by atoms with E-state index in [4.69, 9.17) is 5.73 Å². The zero-order valence-electron chi connectivity index (χ0n) is 11.8. The summed E-state index contributed by atoms with van der Waals surface area (Å²) >= 11 is 0. The first kappa shape index (κ1) is 14.8. The highest BCUT2D eigenvalue weighted by molar-refractivity contribution is 5.88. The quantitative estimate of drug-likeness (QED) is 0.789. The number of nitrogens with two attached hydrogens (primary N) is 1. The molecule has 0 fully saturated rings. The number of hydrogen-bond acceptors (Lipinski definition) is 2. The summed E-state index contributed by atoms with van der Waals surface area (Å²) in [4.78, 5) is 10.8. The highest BCUT2D eigenvalue weighted by atomic mass is 19.1. The number of benzene rings is 2. The lowest BCUT2D eigenvalue weighted by atomic mass is 10.1. The topological polar surface area (TPSA) is 67.2 Å². The Kier molecular flexibility index (Phi) is 4.77. The van der Waals surface area contributed by atoms with Crippen molar-refractivity contribution >= 4 is 17.4 Å². The molecule has 0 heterocycles. The third-order valence-electron chi connectivity index (χ3n) is 3.03.